The lowest BCUT2D eigenvalue weighted by Gasteiger charge is -2.21. The Morgan fingerprint density at radius 1 is 0.914 bits per heavy atom. The molecule has 7 nitrogen and oxygen atoms in total. The molecule has 0 unspecified atom stereocenters. The summed E-state index contributed by atoms with van der Waals surface area (Å²) >= 11 is 0. The van der Waals surface area contributed by atoms with Gasteiger partial charge in [0.1, 0.15) is 23.0 Å². The van der Waals surface area contributed by atoms with Crippen molar-refractivity contribution in [1.29, 1.82) is 0 Å². The summed E-state index contributed by atoms with van der Waals surface area (Å²) in [6, 6.07) is 21.4. The normalized spacial score (nSPS) is 14.7. The van der Waals surface area contributed by atoms with E-state index in [4.69, 9.17) is 9.47 Å². The first-order valence-electron chi connectivity index (χ1n) is 11.7. The molecule has 1 N–H and O–H groups in total. The molecule has 1 saturated heterocycles. The molecule has 1 aliphatic rings. The minimum Gasteiger partial charge on any atom is -0.495 e. The highest BCUT2D eigenvalue weighted by molar-refractivity contribution is 7.89. The second-order valence-electron chi connectivity index (χ2n) is 8.44. The van der Waals surface area contributed by atoms with Crippen molar-refractivity contribution >= 4 is 21.6 Å². The van der Waals surface area contributed by atoms with Gasteiger partial charge in [-0.15, -0.1) is 0 Å². The predicted octanol–water partition coefficient (Wildman–Crippen LogP) is 5.09. The number of ether oxygens (including phenoxy) is 2. The first-order valence-corrected chi connectivity index (χ1v) is 13.2. The molecular weight excluding hydrogens is 464 g/mol. The topological polar surface area (TPSA) is 84.9 Å². The van der Waals surface area contributed by atoms with Gasteiger partial charge in [-0.1, -0.05) is 43.2 Å². The number of rotatable bonds is 8. The Hall–Kier alpha value is -3.36. The second kappa shape index (κ2) is 11.4. The number of hydrogen-bond donors (Lipinski definition) is 1. The number of sulfonamides is 1. The number of nitrogens with zero attached hydrogens (tertiary/aromatic N) is 1. The van der Waals surface area contributed by atoms with Crippen LogP contribution in [0.4, 0.5) is 5.69 Å². The van der Waals surface area contributed by atoms with Crippen LogP contribution < -0.4 is 14.8 Å². The minimum atomic E-state index is -3.78. The van der Waals surface area contributed by atoms with E-state index in [-0.39, 0.29) is 16.2 Å². The molecule has 35 heavy (non-hydrogen) atoms. The van der Waals surface area contributed by atoms with Crippen LogP contribution in [0.25, 0.3) is 0 Å². The third-order valence-corrected chi connectivity index (χ3v) is 7.89. The van der Waals surface area contributed by atoms with Gasteiger partial charge in [0.25, 0.3) is 5.91 Å². The molecule has 0 atom stereocenters. The summed E-state index contributed by atoms with van der Waals surface area (Å²) in [6.45, 7) is 1.40. The summed E-state index contributed by atoms with van der Waals surface area (Å²) in [5.74, 6) is 0.505. The van der Waals surface area contributed by atoms with E-state index < -0.39 is 15.9 Å². The highest BCUT2D eigenvalue weighted by Crippen LogP contribution is 2.30. The van der Waals surface area contributed by atoms with Crippen LogP contribution in [-0.2, 0) is 16.6 Å². The van der Waals surface area contributed by atoms with Crippen molar-refractivity contribution < 1.29 is 22.7 Å². The molecule has 0 saturated carbocycles. The monoisotopic (exact) mass is 494 g/mol. The largest absolute Gasteiger partial charge is 0.495 e. The molecule has 3 aromatic rings. The highest BCUT2D eigenvalue weighted by Gasteiger charge is 2.29. The maximum absolute atomic E-state index is 13.4. The summed E-state index contributed by atoms with van der Waals surface area (Å²) in [7, 11) is -2.35. The lowest BCUT2D eigenvalue weighted by molar-refractivity contribution is 0.102. The molecular formula is C27H30N2O5S. The van der Waals surface area contributed by atoms with Gasteiger partial charge in [-0.25, -0.2) is 8.42 Å². The first kappa shape index (κ1) is 24.8. The maximum atomic E-state index is 13.4. The molecule has 0 spiro atoms. The van der Waals surface area contributed by atoms with Gasteiger partial charge < -0.3 is 14.8 Å². The summed E-state index contributed by atoms with van der Waals surface area (Å²) < 4.78 is 39.3. The Morgan fingerprint density at radius 2 is 1.60 bits per heavy atom. The van der Waals surface area contributed by atoms with Crippen LogP contribution in [0.2, 0.25) is 0 Å². The molecule has 8 heteroatoms. The van der Waals surface area contributed by atoms with Crippen LogP contribution >= 0.6 is 0 Å². The van der Waals surface area contributed by atoms with Gasteiger partial charge in [0, 0.05) is 24.3 Å². The van der Waals surface area contributed by atoms with E-state index in [1.54, 1.807) is 30.3 Å². The smallest absolute Gasteiger partial charge is 0.255 e. The van der Waals surface area contributed by atoms with Crippen molar-refractivity contribution in [3.8, 4) is 11.5 Å². The Bertz CT molecular complexity index is 1240. The molecule has 3 aromatic carbocycles. The van der Waals surface area contributed by atoms with Crippen LogP contribution in [-0.4, -0.2) is 38.8 Å². The van der Waals surface area contributed by atoms with Crippen LogP contribution in [0.5, 0.6) is 11.5 Å². The maximum Gasteiger partial charge on any atom is 0.255 e. The van der Waals surface area contributed by atoms with Gasteiger partial charge in [0.15, 0.2) is 0 Å². The Kier molecular flexibility index (Phi) is 8.05. The zero-order valence-corrected chi connectivity index (χ0v) is 20.6. The Balaban J connectivity index is 1.46. The molecule has 1 heterocycles. The van der Waals surface area contributed by atoms with Crippen molar-refractivity contribution in [2.75, 3.05) is 25.5 Å². The Labute approximate surface area is 206 Å². The molecule has 1 amide bonds. The molecule has 184 valence electrons. The van der Waals surface area contributed by atoms with Crippen molar-refractivity contribution in [2.45, 2.75) is 37.2 Å². The number of carbonyl (C=O) groups excluding carboxylic acids is 1. The fraction of sp³-hybridized carbons (Fsp3) is 0.296. The highest BCUT2D eigenvalue weighted by atomic mass is 32.2. The van der Waals surface area contributed by atoms with E-state index in [2.05, 4.69) is 5.32 Å². The van der Waals surface area contributed by atoms with E-state index in [1.807, 2.05) is 30.3 Å². The van der Waals surface area contributed by atoms with Gasteiger partial charge in [-0.2, -0.15) is 4.31 Å². The number of nitrogens with one attached hydrogen (secondary N) is 1. The summed E-state index contributed by atoms with van der Waals surface area (Å²) in [5.41, 5.74) is 1.88. The van der Waals surface area contributed by atoms with Crippen molar-refractivity contribution in [2.24, 2.45) is 0 Å². The van der Waals surface area contributed by atoms with Gasteiger partial charge in [0.05, 0.1) is 7.11 Å². The van der Waals surface area contributed by atoms with E-state index in [0.29, 0.717) is 31.1 Å². The fourth-order valence-electron chi connectivity index (χ4n) is 4.02. The SMILES string of the molecule is COc1ccc(C(=O)Nc2ccc(OCc3ccccc3)cc2)cc1S(=O)(=O)N1CCCCCC1. The molecule has 1 fully saturated rings. The first-order chi connectivity index (χ1) is 17.0. The predicted molar refractivity (Wildman–Crippen MR) is 135 cm³/mol. The summed E-state index contributed by atoms with van der Waals surface area (Å²) in [5, 5.41) is 2.82. The summed E-state index contributed by atoms with van der Waals surface area (Å²) in [4.78, 5) is 12.9. The molecule has 4 rings (SSSR count). The van der Waals surface area contributed by atoms with Gasteiger partial charge in [-0.3, -0.25) is 4.79 Å². The van der Waals surface area contributed by atoms with E-state index in [9.17, 15) is 13.2 Å². The molecule has 0 aromatic heterocycles. The van der Waals surface area contributed by atoms with Crippen molar-refractivity contribution in [3.05, 3.63) is 83.9 Å². The number of carbonyl (C=O) groups is 1. The average molecular weight is 495 g/mol. The quantitative estimate of drug-likeness (QED) is 0.471. The van der Waals surface area contributed by atoms with Crippen molar-refractivity contribution in [1.82, 2.24) is 4.31 Å². The van der Waals surface area contributed by atoms with Crippen LogP contribution in [0.3, 0.4) is 0 Å². The molecule has 0 bridgehead atoms. The van der Waals surface area contributed by atoms with E-state index >= 15 is 0 Å². The average Bonchev–Trinajstić information content (AvgIpc) is 3.19. The lowest BCUT2D eigenvalue weighted by atomic mass is 10.2. The number of anilines is 1. The molecule has 0 radical (unpaired) electrons. The zero-order chi connectivity index (χ0) is 24.7. The molecule has 0 aliphatic carbocycles. The van der Waals surface area contributed by atoms with E-state index in [0.717, 1.165) is 31.2 Å². The number of benzene rings is 3. The lowest BCUT2D eigenvalue weighted by Crippen LogP contribution is -2.32. The standard InChI is InChI=1S/C27H30N2O5S/c1-33-25-16-11-22(19-26(25)35(31,32)29-17-7-2-3-8-18-29)27(30)28-23-12-14-24(15-13-23)34-20-21-9-5-4-6-10-21/h4-6,9-16,19H,2-3,7-8,17-18,20H2,1H3,(H,28,30). The zero-order valence-electron chi connectivity index (χ0n) is 19.8. The van der Waals surface area contributed by atoms with Crippen LogP contribution in [0, 0.1) is 0 Å². The molecule has 1 aliphatic heterocycles. The minimum absolute atomic E-state index is 0.0132. The third-order valence-electron chi connectivity index (χ3n) is 5.97. The fourth-order valence-corrected chi connectivity index (χ4v) is 5.72. The van der Waals surface area contributed by atoms with Crippen LogP contribution in [0.15, 0.2) is 77.7 Å². The summed E-state index contributed by atoms with van der Waals surface area (Å²) in [6.07, 6.45) is 3.68. The van der Waals surface area contributed by atoms with Gasteiger partial charge >= 0.3 is 0 Å². The second-order valence-corrected chi connectivity index (χ2v) is 10.3. The van der Waals surface area contributed by atoms with Gasteiger partial charge in [-0.05, 0) is 60.9 Å². The van der Waals surface area contributed by atoms with E-state index in [1.165, 1.54) is 23.5 Å². The van der Waals surface area contributed by atoms with Gasteiger partial charge in [0.2, 0.25) is 10.0 Å². The number of methoxy groups -OCH3 is 1. The third kappa shape index (κ3) is 6.21. The van der Waals surface area contributed by atoms with Crippen molar-refractivity contribution in [3.63, 3.8) is 0 Å². The van der Waals surface area contributed by atoms with Crippen LogP contribution in [0.1, 0.15) is 41.6 Å². The Morgan fingerprint density at radius 3 is 2.26 bits per heavy atom. The number of amides is 1. The number of hydrogen-bond acceptors (Lipinski definition) is 5.